The van der Waals surface area contributed by atoms with Crippen LogP contribution in [-0.4, -0.2) is 42.3 Å². The number of esters is 1. The van der Waals surface area contributed by atoms with Gasteiger partial charge in [-0.15, -0.1) is 5.10 Å². The Balaban J connectivity index is 1.32. The second kappa shape index (κ2) is 16.3. The quantitative estimate of drug-likeness (QED) is 0.0686. The van der Waals surface area contributed by atoms with Crippen LogP contribution in [0.2, 0.25) is 0 Å². The minimum atomic E-state index is -0.873. The van der Waals surface area contributed by atoms with Crippen LogP contribution in [0.3, 0.4) is 0 Å². The third-order valence-corrected chi connectivity index (χ3v) is 9.93. The van der Waals surface area contributed by atoms with Gasteiger partial charge in [-0.3, -0.25) is 0 Å². The van der Waals surface area contributed by atoms with E-state index in [9.17, 15) is 4.79 Å². The van der Waals surface area contributed by atoms with Crippen molar-refractivity contribution in [2.45, 2.75) is 50.9 Å². The Morgan fingerprint density at radius 3 is 1.85 bits per heavy atom. The normalized spacial score (nSPS) is 11.5. The molecule has 266 valence electrons. The predicted molar refractivity (Wildman–Crippen MR) is 212 cm³/mol. The van der Waals surface area contributed by atoms with Crippen LogP contribution in [0.1, 0.15) is 70.9 Å². The molecule has 8 nitrogen and oxygen atoms in total. The van der Waals surface area contributed by atoms with Gasteiger partial charge in [0.2, 0.25) is 0 Å². The molecule has 0 aliphatic heterocycles. The van der Waals surface area contributed by atoms with Crippen LogP contribution in [0, 0.1) is 0 Å². The first-order valence-corrected chi connectivity index (χ1v) is 18.7. The van der Waals surface area contributed by atoms with Gasteiger partial charge >= 0.3 is 5.97 Å². The SMILES string of the molecule is CCCCc1nc(CS)c(C(=O)OCC)n1Cc1ccc(-c2ccccc2-c2nnnn2C(c2ccccc2)(c2ccccc2)c2ccccc2)cc1. The van der Waals surface area contributed by atoms with E-state index in [1.165, 1.54) is 0 Å². The van der Waals surface area contributed by atoms with Crippen LogP contribution in [0.25, 0.3) is 22.5 Å². The number of benzene rings is 5. The minimum Gasteiger partial charge on any atom is -0.461 e. The summed E-state index contributed by atoms with van der Waals surface area (Å²) in [5.74, 6) is 1.50. The average molecular weight is 719 g/mol. The Hall–Kier alpha value is -5.80. The van der Waals surface area contributed by atoms with E-state index in [1.54, 1.807) is 0 Å². The van der Waals surface area contributed by atoms with Gasteiger partial charge in [0.1, 0.15) is 11.4 Å². The largest absolute Gasteiger partial charge is 0.461 e. The van der Waals surface area contributed by atoms with Gasteiger partial charge in [0.05, 0.1) is 12.3 Å². The molecule has 53 heavy (non-hydrogen) atoms. The second-order valence-corrected chi connectivity index (χ2v) is 13.2. The van der Waals surface area contributed by atoms with Crippen molar-refractivity contribution in [2.75, 3.05) is 6.61 Å². The molecule has 7 rings (SSSR count). The third-order valence-electron chi connectivity index (χ3n) is 9.63. The molecule has 2 heterocycles. The molecule has 0 saturated carbocycles. The van der Waals surface area contributed by atoms with Crippen LogP contribution in [0.5, 0.6) is 0 Å². The molecule has 0 radical (unpaired) electrons. The first kappa shape index (κ1) is 35.6. The molecule has 0 unspecified atom stereocenters. The van der Waals surface area contributed by atoms with E-state index in [2.05, 4.69) is 134 Å². The summed E-state index contributed by atoms with van der Waals surface area (Å²) in [4.78, 5) is 18.0. The van der Waals surface area contributed by atoms with E-state index >= 15 is 0 Å². The smallest absolute Gasteiger partial charge is 0.356 e. The Bertz CT molecular complexity index is 2170. The first-order chi connectivity index (χ1) is 26.1. The number of unbranched alkanes of at least 4 members (excludes halogenated alkanes) is 1. The summed E-state index contributed by atoms with van der Waals surface area (Å²) in [5, 5.41) is 13.8. The fraction of sp³-hybridized carbons (Fsp3) is 0.205. The maximum Gasteiger partial charge on any atom is 0.356 e. The van der Waals surface area contributed by atoms with Crippen LogP contribution < -0.4 is 0 Å². The zero-order valence-electron chi connectivity index (χ0n) is 30.0. The minimum absolute atomic E-state index is 0.293. The molecule has 5 aromatic carbocycles. The van der Waals surface area contributed by atoms with Gasteiger partial charge in [-0.1, -0.05) is 153 Å². The molecule has 0 N–H and O–H groups in total. The lowest BCUT2D eigenvalue weighted by molar-refractivity contribution is 0.0513. The number of thiol groups is 1. The van der Waals surface area contributed by atoms with Gasteiger partial charge in [-0.2, -0.15) is 12.6 Å². The van der Waals surface area contributed by atoms with Gasteiger partial charge in [0, 0.05) is 24.3 Å². The van der Waals surface area contributed by atoms with Gasteiger partial charge < -0.3 is 9.30 Å². The number of tetrazole rings is 1. The molecule has 0 atom stereocenters. The molecule has 0 spiro atoms. The van der Waals surface area contributed by atoms with Crippen molar-refractivity contribution in [3.63, 3.8) is 0 Å². The molecule has 0 amide bonds. The highest BCUT2D eigenvalue weighted by molar-refractivity contribution is 7.79. The van der Waals surface area contributed by atoms with Crippen molar-refractivity contribution in [1.29, 1.82) is 0 Å². The molecule has 9 heteroatoms. The number of rotatable bonds is 14. The maximum atomic E-state index is 13.1. The molecular weight excluding hydrogens is 677 g/mol. The average Bonchev–Trinajstić information content (AvgIpc) is 3.84. The highest BCUT2D eigenvalue weighted by Crippen LogP contribution is 2.43. The fourth-order valence-electron chi connectivity index (χ4n) is 7.18. The summed E-state index contributed by atoms with van der Waals surface area (Å²) in [7, 11) is 0. The zero-order valence-corrected chi connectivity index (χ0v) is 30.9. The van der Waals surface area contributed by atoms with Gasteiger partial charge in [-0.25, -0.2) is 14.5 Å². The molecule has 7 aromatic rings. The Morgan fingerprint density at radius 2 is 1.30 bits per heavy atom. The Kier molecular flexibility index (Phi) is 10.9. The highest BCUT2D eigenvalue weighted by Gasteiger charge is 2.42. The van der Waals surface area contributed by atoms with Crippen molar-refractivity contribution >= 4 is 18.6 Å². The lowest BCUT2D eigenvalue weighted by Gasteiger charge is -2.36. The van der Waals surface area contributed by atoms with Crippen LogP contribution >= 0.6 is 12.6 Å². The summed E-state index contributed by atoms with van der Waals surface area (Å²) in [6.45, 7) is 4.75. The fourth-order valence-corrected chi connectivity index (χ4v) is 7.40. The molecule has 0 saturated heterocycles. The Morgan fingerprint density at radius 1 is 0.736 bits per heavy atom. The molecule has 2 aromatic heterocycles. The van der Waals surface area contributed by atoms with Gasteiger partial charge in [-0.05, 0) is 57.2 Å². The first-order valence-electron chi connectivity index (χ1n) is 18.1. The molecular formula is C44H42N6O2S. The van der Waals surface area contributed by atoms with E-state index in [0.29, 0.717) is 36.1 Å². The molecule has 0 fully saturated rings. The van der Waals surface area contributed by atoms with E-state index in [4.69, 9.17) is 20.0 Å². The highest BCUT2D eigenvalue weighted by atomic mass is 32.1. The number of imidazole rings is 1. The predicted octanol–water partition coefficient (Wildman–Crippen LogP) is 9.04. The molecule has 0 bridgehead atoms. The van der Waals surface area contributed by atoms with Crippen LogP contribution in [-0.2, 0) is 29.0 Å². The second-order valence-electron chi connectivity index (χ2n) is 12.9. The number of ether oxygens (including phenoxy) is 1. The maximum absolute atomic E-state index is 13.1. The standard InChI is InChI=1S/C44H42N6O2S/c1-3-5-25-40-45-39(31-53)41(43(51)52-4-2)49(40)30-32-26-28-33(29-27-32)37-23-15-16-24-38(37)42-46-47-48-50(42)44(34-17-9-6-10-18-34,35-19-11-7-12-20-35)36-21-13-8-14-22-36/h6-24,26-29,53H,3-5,25,30-31H2,1-2H3. The number of hydrogen-bond donors (Lipinski definition) is 1. The lowest BCUT2D eigenvalue weighted by atomic mass is 9.77. The molecule has 0 aliphatic carbocycles. The molecule has 0 aliphatic rings. The zero-order chi connectivity index (χ0) is 36.6. The Labute approximate surface area is 315 Å². The van der Waals surface area contributed by atoms with Crippen molar-refractivity contribution in [2.24, 2.45) is 0 Å². The third kappa shape index (κ3) is 6.92. The van der Waals surface area contributed by atoms with Crippen molar-refractivity contribution < 1.29 is 9.53 Å². The van der Waals surface area contributed by atoms with Gasteiger partial charge in [0.15, 0.2) is 11.5 Å². The topological polar surface area (TPSA) is 87.7 Å². The lowest BCUT2D eigenvalue weighted by Crippen LogP contribution is -2.39. The van der Waals surface area contributed by atoms with Crippen molar-refractivity contribution in [3.8, 4) is 22.5 Å². The number of nitrogens with zero attached hydrogens (tertiary/aromatic N) is 6. The van der Waals surface area contributed by atoms with E-state index in [-0.39, 0.29) is 5.97 Å². The number of carbonyl (C=O) groups is 1. The van der Waals surface area contributed by atoms with Crippen LogP contribution in [0.15, 0.2) is 140 Å². The number of aryl methyl sites for hydroxylation is 1. The van der Waals surface area contributed by atoms with Crippen molar-refractivity contribution in [1.82, 2.24) is 29.8 Å². The number of aromatic nitrogens is 6. The van der Waals surface area contributed by atoms with Crippen LogP contribution in [0.4, 0.5) is 0 Å². The van der Waals surface area contributed by atoms with E-state index in [0.717, 1.165) is 64.0 Å². The van der Waals surface area contributed by atoms with Crippen molar-refractivity contribution in [3.05, 3.63) is 179 Å². The van der Waals surface area contributed by atoms with Gasteiger partial charge in [0.25, 0.3) is 0 Å². The number of carbonyl (C=O) groups excluding carboxylic acids is 1. The summed E-state index contributed by atoms with van der Waals surface area (Å²) < 4.78 is 9.43. The summed E-state index contributed by atoms with van der Waals surface area (Å²) in [6, 6.07) is 47.9. The van der Waals surface area contributed by atoms with E-state index < -0.39 is 5.54 Å². The summed E-state index contributed by atoms with van der Waals surface area (Å²) in [5.41, 5.74) is 7.32. The van der Waals surface area contributed by atoms with E-state index in [1.807, 2.05) is 46.5 Å². The summed E-state index contributed by atoms with van der Waals surface area (Å²) >= 11 is 4.50. The monoisotopic (exact) mass is 718 g/mol. The number of hydrogen-bond acceptors (Lipinski definition) is 7. The summed E-state index contributed by atoms with van der Waals surface area (Å²) in [6.07, 6.45) is 2.77.